The van der Waals surface area contributed by atoms with E-state index in [1.54, 1.807) is 4.90 Å². The van der Waals surface area contributed by atoms with Crippen LogP contribution in [0.15, 0.2) is 30.3 Å². The van der Waals surface area contributed by atoms with Crippen LogP contribution in [-0.2, 0) is 25.5 Å². The molecular weight excluding hydrogens is 370 g/mol. The highest BCUT2D eigenvalue weighted by Gasteiger charge is 2.53. The van der Waals surface area contributed by atoms with Crippen molar-refractivity contribution in [2.24, 2.45) is 11.3 Å². The summed E-state index contributed by atoms with van der Waals surface area (Å²) in [5.41, 5.74) is 0.459. The quantitative estimate of drug-likeness (QED) is 0.769. The average Bonchev–Trinajstić information content (AvgIpc) is 3.00. The molecule has 156 valence electrons. The number of nitrogens with zero attached hydrogens (tertiary/aromatic N) is 2. The van der Waals surface area contributed by atoms with E-state index < -0.39 is 5.41 Å². The van der Waals surface area contributed by atoms with Crippen molar-refractivity contribution in [3.8, 4) is 0 Å². The second-order valence-corrected chi connectivity index (χ2v) is 8.52. The molecule has 4 aliphatic rings. The minimum Gasteiger partial charge on any atom is -0.372 e. The Bertz CT molecular complexity index is 776. The SMILES string of the molecule is CCOCC(=O)N1CC(Cc2ccccc2)(C(=O)N2C[C@@H]3CC[C@H](C2)C(=O)N3)C1. The van der Waals surface area contributed by atoms with E-state index in [9.17, 15) is 14.4 Å². The number of likely N-dealkylation sites (tertiary alicyclic amines) is 1. The van der Waals surface area contributed by atoms with Gasteiger partial charge < -0.3 is 19.9 Å². The number of ether oxygens (including phenoxy) is 1. The summed E-state index contributed by atoms with van der Waals surface area (Å²) < 4.78 is 5.25. The zero-order chi connectivity index (χ0) is 20.4. The molecule has 7 heteroatoms. The molecule has 0 unspecified atom stereocenters. The molecule has 2 bridgehead atoms. The Morgan fingerprint density at radius 3 is 2.59 bits per heavy atom. The highest BCUT2D eigenvalue weighted by molar-refractivity contribution is 5.89. The minimum absolute atomic E-state index is 0.0368. The smallest absolute Gasteiger partial charge is 0.248 e. The number of fused-ring (bicyclic) bond motifs is 4. The third-order valence-corrected chi connectivity index (χ3v) is 6.36. The molecule has 4 aliphatic heterocycles. The lowest BCUT2D eigenvalue weighted by atomic mass is 9.73. The van der Waals surface area contributed by atoms with Crippen LogP contribution in [0.2, 0.25) is 0 Å². The molecule has 4 heterocycles. The first-order valence-corrected chi connectivity index (χ1v) is 10.5. The lowest BCUT2D eigenvalue weighted by Crippen LogP contribution is -2.67. The van der Waals surface area contributed by atoms with Gasteiger partial charge in [-0.1, -0.05) is 30.3 Å². The molecule has 1 aromatic rings. The Kier molecular flexibility index (Phi) is 5.58. The van der Waals surface area contributed by atoms with Gasteiger partial charge in [0.15, 0.2) is 0 Å². The lowest BCUT2D eigenvalue weighted by molar-refractivity contribution is -0.163. The summed E-state index contributed by atoms with van der Waals surface area (Å²) in [5.74, 6) is -0.0654. The zero-order valence-corrected chi connectivity index (χ0v) is 16.9. The van der Waals surface area contributed by atoms with Crippen molar-refractivity contribution in [1.29, 1.82) is 0 Å². The van der Waals surface area contributed by atoms with Gasteiger partial charge in [0.1, 0.15) is 6.61 Å². The van der Waals surface area contributed by atoms with Crippen LogP contribution in [0.25, 0.3) is 0 Å². The van der Waals surface area contributed by atoms with Gasteiger partial charge in [0, 0.05) is 38.8 Å². The first kappa shape index (κ1) is 19.9. The van der Waals surface area contributed by atoms with Gasteiger partial charge in [-0.3, -0.25) is 14.4 Å². The van der Waals surface area contributed by atoms with Crippen LogP contribution in [0.1, 0.15) is 25.3 Å². The minimum atomic E-state index is -0.629. The monoisotopic (exact) mass is 399 g/mol. The molecular formula is C22H29N3O4. The van der Waals surface area contributed by atoms with E-state index in [0.717, 1.165) is 18.4 Å². The van der Waals surface area contributed by atoms with Gasteiger partial charge >= 0.3 is 0 Å². The second kappa shape index (κ2) is 8.14. The van der Waals surface area contributed by atoms with Crippen LogP contribution in [0.3, 0.4) is 0 Å². The third kappa shape index (κ3) is 4.01. The Labute approximate surface area is 171 Å². The highest BCUT2D eigenvalue weighted by Crippen LogP contribution is 2.38. The van der Waals surface area contributed by atoms with Gasteiger partial charge in [0.25, 0.3) is 0 Å². The van der Waals surface area contributed by atoms with Gasteiger partial charge in [-0.25, -0.2) is 0 Å². The molecule has 2 atom stereocenters. The van der Waals surface area contributed by atoms with Crippen LogP contribution >= 0.6 is 0 Å². The Morgan fingerprint density at radius 1 is 1.14 bits per heavy atom. The first-order valence-electron chi connectivity index (χ1n) is 10.5. The maximum Gasteiger partial charge on any atom is 0.248 e. The molecule has 1 aromatic carbocycles. The van der Waals surface area contributed by atoms with Gasteiger partial charge in [0.2, 0.25) is 17.7 Å². The lowest BCUT2D eigenvalue weighted by Gasteiger charge is -2.50. The molecule has 29 heavy (non-hydrogen) atoms. The number of hydrogen-bond donors (Lipinski definition) is 1. The fraction of sp³-hybridized carbons (Fsp3) is 0.591. The van der Waals surface area contributed by atoms with Crippen molar-refractivity contribution < 1.29 is 19.1 Å². The summed E-state index contributed by atoms with van der Waals surface area (Å²) in [5, 5.41) is 3.04. The molecule has 0 aromatic heterocycles. The number of hydrogen-bond acceptors (Lipinski definition) is 4. The van der Waals surface area contributed by atoms with Crippen LogP contribution in [-0.4, -0.2) is 73.0 Å². The van der Waals surface area contributed by atoms with Crippen molar-refractivity contribution in [2.75, 3.05) is 39.4 Å². The molecule has 1 N–H and O–H groups in total. The van der Waals surface area contributed by atoms with E-state index in [2.05, 4.69) is 5.32 Å². The van der Waals surface area contributed by atoms with E-state index in [1.807, 2.05) is 42.2 Å². The van der Waals surface area contributed by atoms with E-state index in [-0.39, 0.29) is 36.3 Å². The van der Waals surface area contributed by atoms with E-state index in [0.29, 0.717) is 39.2 Å². The Morgan fingerprint density at radius 2 is 1.90 bits per heavy atom. The molecule has 0 aliphatic carbocycles. The van der Waals surface area contributed by atoms with Crippen molar-refractivity contribution in [1.82, 2.24) is 15.1 Å². The molecule has 7 nitrogen and oxygen atoms in total. The van der Waals surface area contributed by atoms with E-state index >= 15 is 0 Å². The van der Waals surface area contributed by atoms with Gasteiger partial charge in [0.05, 0.1) is 11.3 Å². The Hall–Kier alpha value is -2.41. The normalized spacial score (nSPS) is 25.2. The summed E-state index contributed by atoms with van der Waals surface area (Å²) in [6.07, 6.45) is 2.36. The van der Waals surface area contributed by atoms with Crippen LogP contribution in [0, 0.1) is 11.3 Å². The van der Waals surface area contributed by atoms with Crippen molar-refractivity contribution in [3.63, 3.8) is 0 Å². The van der Waals surface area contributed by atoms with Gasteiger partial charge in [-0.05, 0) is 31.7 Å². The van der Waals surface area contributed by atoms with Crippen molar-refractivity contribution in [2.45, 2.75) is 32.2 Å². The molecule has 3 amide bonds. The largest absolute Gasteiger partial charge is 0.372 e. The summed E-state index contributed by atoms with van der Waals surface area (Å²) in [6.45, 7) is 4.24. The number of nitrogens with one attached hydrogen (secondary N) is 1. The van der Waals surface area contributed by atoms with Gasteiger partial charge in [-0.2, -0.15) is 0 Å². The number of benzene rings is 1. The maximum atomic E-state index is 13.7. The summed E-state index contributed by atoms with van der Waals surface area (Å²) in [7, 11) is 0. The number of carbonyl (C=O) groups is 3. The van der Waals surface area contributed by atoms with Crippen LogP contribution < -0.4 is 5.32 Å². The fourth-order valence-electron chi connectivity index (χ4n) is 4.79. The number of amides is 3. The standard InChI is InChI=1S/C22H29N3O4/c1-2-29-13-19(26)25-14-22(15-25,10-16-6-4-3-5-7-16)21(28)24-11-17-8-9-18(12-24)23-20(17)27/h3-7,17-18H,2,8-15H2,1H3,(H,23,27)/t17-,18+/m1/s1. The van der Waals surface area contributed by atoms with Crippen LogP contribution in [0.5, 0.6) is 0 Å². The number of carbonyl (C=O) groups excluding carboxylic acids is 3. The average molecular weight is 399 g/mol. The Balaban J connectivity index is 1.52. The molecule has 0 spiro atoms. The molecule has 4 saturated heterocycles. The number of piperidine rings is 1. The summed E-state index contributed by atoms with van der Waals surface area (Å²) in [6, 6.07) is 9.99. The highest BCUT2D eigenvalue weighted by atomic mass is 16.5. The first-order chi connectivity index (χ1) is 14.0. The molecule has 0 saturated carbocycles. The molecule has 5 rings (SSSR count). The predicted octanol–water partition coefficient (Wildman–Crippen LogP) is 0.831. The van der Waals surface area contributed by atoms with E-state index in [4.69, 9.17) is 4.74 Å². The predicted molar refractivity (Wildman–Crippen MR) is 107 cm³/mol. The second-order valence-electron chi connectivity index (χ2n) is 8.52. The molecule has 0 radical (unpaired) electrons. The maximum absolute atomic E-state index is 13.7. The van der Waals surface area contributed by atoms with E-state index in [1.165, 1.54) is 0 Å². The number of rotatable bonds is 6. The topological polar surface area (TPSA) is 79.0 Å². The molecule has 4 fully saturated rings. The van der Waals surface area contributed by atoms with Gasteiger partial charge in [-0.15, -0.1) is 0 Å². The van der Waals surface area contributed by atoms with Crippen LogP contribution in [0.4, 0.5) is 0 Å². The van der Waals surface area contributed by atoms with Crippen molar-refractivity contribution in [3.05, 3.63) is 35.9 Å². The van der Waals surface area contributed by atoms with Crippen molar-refractivity contribution >= 4 is 17.7 Å². The zero-order valence-electron chi connectivity index (χ0n) is 16.9. The fourth-order valence-corrected chi connectivity index (χ4v) is 4.79. The summed E-state index contributed by atoms with van der Waals surface area (Å²) in [4.78, 5) is 41.8. The third-order valence-electron chi connectivity index (χ3n) is 6.36. The summed E-state index contributed by atoms with van der Waals surface area (Å²) >= 11 is 0.